The molecular weight excluding hydrogens is 194 g/mol. The Morgan fingerprint density at radius 2 is 2.00 bits per heavy atom. The van der Waals surface area contributed by atoms with Crippen LogP contribution in [0.15, 0.2) is 30.9 Å². The van der Waals surface area contributed by atoms with Crippen LogP contribution in [0.3, 0.4) is 0 Å². The summed E-state index contributed by atoms with van der Waals surface area (Å²) in [7, 11) is 0. The third-order valence-corrected chi connectivity index (χ3v) is 2.71. The second-order valence-electron chi connectivity index (χ2n) is 5.01. The van der Waals surface area contributed by atoms with Crippen molar-refractivity contribution in [3.05, 3.63) is 53.5 Å². The van der Waals surface area contributed by atoms with Crippen LogP contribution in [0.1, 0.15) is 44.4 Å². The lowest BCUT2D eigenvalue weighted by Crippen LogP contribution is -2.13. The van der Waals surface area contributed by atoms with Crippen molar-refractivity contribution < 1.29 is 0 Å². The molecule has 0 amide bonds. The molecule has 16 heavy (non-hydrogen) atoms. The maximum Gasteiger partial charge on any atom is 0.0994 e. The van der Waals surface area contributed by atoms with Gasteiger partial charge in [-0.2, -0.15) is 5.26 Å². The van der Waals surface area contributed by atoms with Gasteiger partial charge >= 0.3 is 0 Å². The third-order valence-electron chi connectivity index (χ3n) is 2.71. The molecule has 1 nitrogen and oxygen atoms in total. The minimum absolute atomic E-state index is 0.00563. The lowest BCUT2D eigenvalue weighted by atomic mass is 9.82. The molecule has 0 saturated carbocycles. The number of rotatable bonds is 2. The van der Waals surface area contributed by atoms with Gasteiger partial charge in [0, 0.05) is 5.92 Å². The van der Waals surface area contributed by atoms with E-state index in [9.17, 15) is 5.26 Å². The van der Waals surface area contributed by atoms with Crippen LogP contribution in [0.5, 0.6) is 0 Å². The van der Waals surface area contributed by atoms with E-state index in [-0.39, 0.29) is 5.41 Å². The molecule has 0 N–H and O–H groups in total. The molecular formula is C15H18N. The quantitative estimate of drug-likeness (QED) is 0.727. The average Bonchev–Trinajstić information content (AvgIpc) is 2.25. The minimum Gasteiger partial charge on any atom is -0.192 e. The molecule has 1 aromatic carbocycles. The Balaban J connectivity index is 3.29. The number of allylic oxidation sites excluding steroid dienone is 1. The monoisotopic (exact) mass is 212 g/mol. The highest BCUT2D eigenvalue weighted by Crippen LogP contribution is 2.28. The Bertz CT molecular complexity index is 430. The first-order valence-corrected chi connectivity index (χ1v) is 5.41. The maximum absolute atomic E-state index is 9.18. The van der Waals surface area contributed by atoms with Gasteiger partial charge in [0.2, 0.25) is 0 Å². The van der Waals surface area contributed by atoms with E-state index >= 15 is 0 Å². The second kappa shape index (κ2) is 4.53. The molecule has 1 aromatic rings. The van der Waals surface area contributed by atoms with Crippen molar-refractivity contribution in [1.82, 2.24) is 0 Å². The largest absolute Gasteiger partial charge is 0.192 e. The Hall–Kier alpha value is -1.55. The predicted molar refractivity (Wildman–Crippen MR) is 68.1 cm³/mol. The van der Waals surface area contributed by atoms with Crippen LogP contribution in [0, 0.1) is 17.2 Å². The fourth-order valence-corrected chi connectivity index (χ4v) is 1.65. The van der Waals surface area contributed by atoms with Crippen LogP contribution in [0.2, 0.25) is 0 Å². The molecule has 0 aromatic heterocycles. The molecule has 0 aliphatic carbocycles. The van der Waals surface area contributed by atoms with Gasteiger partial charge in [-0.25, -0.2) is 0 Å². The molecule has 0 spiro atoms. The summed E-state index contributed by atoms with van der Waals surface area (Å²) < 4.78 is 0. The Morgan fingerprint density at radius 1 is 1.38 bits per heavy atom. The van der Waals surface area contributed by atoms with Crippen LogP contribution in [-0.4, -0.2) is 0 Å². The highest BCUT2D eigenvalue weighted by molar-refractivity contribution is 5.48. The summed E-state index contributed by atoms with van der Waals surface area (Å²) >= 11 is 0. The molecule has 1 radical (unpaired) electrons. The number of benzene rings is 1. The summed E-state index contributed by atoms with van der Waals surface area (Å²) in [6.07, 6.45) is 1.81. The zero-order valence-electron chi connectivity index (χ0n) is 10.5. The van der Waals surface area contributed by atoms with Crippen LogP contribution in [-0.2, 0) is 5.41 Å². The minimum atomic E-state index is 0.00563. The van der Waals surface area contributed by atoms with Crippen LogP contribution in [0.4, 0.5) is 0 Å². The summed E-state index contributed by atoms with van der Waals surface area (Å²) in [6, 6.07) is 8.31. The summed E-state index contributed by atoms with van der Waals surface area (Å²) in [6.45, 7) is 12.1. The number of hydrogen-bond acceptors (Lipinski definition) is 1. The Kier molecular flexibility index (Phi) is 3.55. The average molecular weight is 212 g/mol. The molecule has 0 fully saturated rings. The van der Waals surface area contributed by atoms with Crippen LogP contribution in [0.25, 0.3) is 0 Å². The normalized spacial score (nSPS) is 11.2. The van der Waals surface area contributed by atoms with E-state index in [1.54, 1.807) is 0 Å². The first-order valence-electron chi connectivity index (χ1n) is 5.41. The number of hydrogen-bond donors (Lipinski definition) is 0. The van der Waals surface area contributed by atoms with E-state index in [1.165, 1.54) is 0 Å². The van der Waals surface area contributed by atoms with Gasteiger partial charge in [0.05, 0.1) is 11.6 Å². The van der Waals surface area contributed by atoms with E-state index in [4.69, 9.17) is 0 Å². The molecule has 0 bridgehead atoms. The predicted octanol–water partition coefficient (Wildman–Crippen LogP) is 3.98. The van der Waals surface area contributed by atoms with E-state index in [1.807, 2.05) is 25.1 Å². The van der Waals surface area contributed by atoms with Gasteiger partial charge in [-0.15, -0.1) is 6.58 Å². The fourth-order valence-electron chi connectivity index (χ4n) is 1.65. The summed E-state index contributed by atoms with van der Waals surface area (Å²) in [5.74, 6) is 1.09. The summed E-state index contributed by atoms with van der Waals surface area (Å²) in [5.41, 5.74) is 2.92. The molecule has 1 rings (SSSR count). The first kappa shape index (κ1) is 12.5. The second-order valence-corrected chi connectivity index (χ2v) is 5.01. The van der Waals surface area contributed by atoms with Gasteiger partial charge in [0.1, 0.15) is 0 Å². The molecule has 1 heteroatoms. The molecule has 0 saturated heterocycles. The zero-order valence-corrected chi connectivity index (χ0v) is 10.5. The topological polar surface area (TPSA) is 23.8 Å². The zero-order chi connectivity index (χ0) is 12.3. The molecule has 0 unspecified atom stereocenters. The Morgan fingerprint density at radius 3 is 2.44 bits per heavy atom. The lowest BCUT2D eigenvalue weighted by molar-refractivity contribution is 0.588. The van der Waals surface area contributed by atoms with Crippen molar-refractivity contribution in [1.29, 1.82) is 5.26 Å². The summed E-state index contributed by atoms with van der Waals surface area (Å²) in [5, 5.41) is 9.18. The van der Waals surface area contributed by atoms with Crippen molar-refractivity contribution in [2.75, 3.05) is 0 Å². The highest BCUT2D eigenvalue weighted by atomic mass is 14.3. The number of nitrogens with zero attached hydrogens (tertiary/aromatic N) is 1. The van der Waals surface area contributed by atoms with Gasteiger partial charge in [-0.05, 0) is 22.6 Å². The summed E-state index contributed by atoms with van der Waals surface area (Å²) in [4.78, 5) is 0. The fraction of sp³-hybridized carbons (Fsp3) is 0.333. The van der Waals surface area contributed by atoms with E-state index in [2.05, 4.69) is 39.5 Å². The standard InChI is InChI=1S/C15H18N/c1-6-11(2)12-7-8-14(15(3,4)5)13(9-12)10-16/h6-9H,1H2,2-5H3. The van der Waals surface area contributed by atoms with Crippen molar-refractivity contribution in [3.8, 4) is 6.07 Å². The highest BCUT2D eigenvalue weighted by Gasteiger charge is 2.18. The van der Waals surface area contributed by atoms with Gasteiger partial charge in [0.25, 0.3) is 0 Å². The Labute approximate surface area is 98.4 Å². The van der Waals surface area contributed by atoms with Gasteiger partial charge in [-0.3, -0.25) is 0 Å². The van der Waals surface area contributed by atoms with Crippen molar-refractivity contribution in [3.63, 3.8) is 0 Å². The van der Waals surface area contributed by atoms with E-state index in [0.29, 0.717) is 0 Å². The number of nitriles is 1. The van der Waals surface area contributed by atoms with Gasteiger partial charge in [-0.1, -0.05) is 45.9 Å². The SMILES string of the molecule is C=C[C](C)c1ccc(C(C)(C)C)c(C#N)c1. The lowest BCUT2D eigenvalue weighted by Gasteiger charge is -2.21. The van der Waals surface area contributed by atoms with E-state index in [0.717, 1.165) is 22.6 Å². The van der Waals surface area contributed by atoms with Gasteiger partial charge in [0.15, 0.2) is 0 Å². The van der Waals surface area contributed by atoms with Crippen molar-refractivity contribution >= 4 is 0 Å². The molecule has 83 valence electrons. The first-order chi connectivity index (χ1) is 7.40. The maximum atomic E-state index is 9.18. The molecule has 0 heterocycles. The third kappa shape index (κ3) is 2.52. The van der Waals surface area contributed by atoms with Crippen molar-refractivity contribution in [2.24, 2.45) is 0 Å². The molecule has 0 atom stereocenters. The molecule has 0 aliphatic heterocycles. The van der Waals surface area contributed by atoms with Crippen LogP contribution >= 0.6 is 0 Å². The van der Waals surface area contributed by atoms with E-state index < -0.39 is 0 Å². The smallest absolute Gasteiger partial charge is 0.0994 e. The molecule has 0 aliphatic rings. The van der Waals surface area contributed by atoms with Gasteiger partial charge < -0.3 is 0 Å². The van der Waals surface area contributed by atoms with Crippen molar-refractivity contribution in [2.45, 2.75) is 33.1 Å². The van der Waals surface area contributed by atoms with Crippen LogP contribution < -0.4 is 0 Å².